The van der Waals surface area contributed by atoms with Gasteiger partial charge in [0.1, 0.15) is 5.82 Å². The van der Waals surface area contributed by atoms with Gasteiger partial charge in [0.15, 0.2) is 6.10 Å². The van der Waals surface area contributed by atoms with Crippen molar-refractivity contribution in [1.29, 1.82) is 0 Å². The third-order valence-corrected chi connectivity index (χ3v) is 4.91. The van der Waals surface area contributed by atoms with Gasteiger partial charge in [0.25, 0.3) is 5.91 Å². The van der Waals surface area contributed by atoms with Crippen LogP contribution in [0.15, 0.2) is 18.3 Å². The number of hydrogen-bond acceptors (Lipinski definition) is 4. The van der Waals surface area contributed by atoms with Gasteiger partial charge in [-0.1, -0.05) is 18.0 Å². The number of carbonyl (C=O) groups is 2. The highest BCUT2D eigenvalue weighted by Gasteiger charge is 2.44. The van der Waals surface area contributed by atoms with Gasteiger partial charge >= 0.3 is 5.97 Å². The second kappa shape index (κ2) is 6.24. The van der Waals surface area contributed by atoms with E-state index in [-0.39, 0.29) is 17.8 Å². The summed E-state index contributed by atoms with van der Waals surface area (Å²) >= 11 is 5.74. The third kappa shape index (κ3) is 3.24. The van der Waals surface area contributed by atoms with Crippen molar-refractivity contribution in [2.45, 2.75) is 38.7 Å². The molecular formula is C16H19ClN2O3. The van der Waals surface area contributed by atoms with Gasteiger partial charge in [0.05, 0.1) is 10.9 Å². The molecule has 1 aromatic heterocycles. The van der Waals surface area contributed by atoms with Gasteiger partial charge in [0.2, 0.25) is 0 Å². The summed E-state index contributed by atoms with van der Waals surface area (Å²) in [5.41, 5.74) is 0. The molecule has 1 N–H and O–H groups in total. The van der Waals surface area contributed by atoms with E-state index in [4.69, 9.17) is 16.3 Å². The molecule has 118 valence electrons. The summed E-state index contributed by atoms with van der Waals surface area (Å²) < 4.78 is 5.34. The van der Waals surface area contributed by atoms with Crippen molar-refractivity contribution in [3.63, 3.8) is 0 Å². The Hall–Kier alpha value is -1.62. The lowest BCUT2D eigenvalue weighted by Gasteiger charge is -2.22. The topological polar surface area (TPSA) is 68.3 Å². The minimum Gasteiger partial charge on any atom is -0.452 e. The summed E-state index contributed by atoms with van der Waals surface area (Å²) in [7, 11) is 0. The van der Waals surface area contributed by atoms with Crippen LogP contribution in [0.4, 0.5) is 5.82 Å². The molecule has 22 heavy (non-hydrogen) atoms. The zero-order valence-electron chi connectivity index (χ0n) is 12.4. The van der Waals surface area contributed by atoms with Crippen molar-refractivity contribution in [1.82, 2.24) is 4.98 Å². The van der Waals surface area contributed by atoms with Crippen molar-refractivity contribution in [2.75, 3.05) is 5.32 Å². The minimum atomic E-state index is -0.830. The molecule has 2 aliphatic carbocycles. The van der Waals surface area contributed by atoms with Crippen LogP contribution in [0.25, 0.3) is 0 Å². The molecule has 0 radical (unpaired) electrons. The monoisotopic (exact) mass is 322 g/mol. The molecule has 2 aliphatic rings. The average molecular weight is 323 g/mol. The number of anilines is 1. The minimum absolute atomic E-state index is 0.0253. The maximum absolute atomic E-state index is 12.2. The number of halogens is 1. The predicted octanol–water partition coefficient (Wildman–Crippen LogP) is 3.04. The Morgan fingerprint density at radius 3 is 2.77 bits per heavy atom. The fourth-order valence-electron chi connectivity index (χ4n) is 3.53. The zero-order chi connectivity index (χ0) is 15.7. The summed E-state index contributed by atoms with van der Waals surface area (Å²) in [5, 5.41) is 3.11. The third-order valence-electron chi connectivity index (χ3n) is 4.68. The molecule has 6 heteroatoms. The van der Waals surface area contributed by atoms with Crippen LogP contribution in [0.2, 0.25) is 5.02 Å². The number of rotatable bonds is 4. The van der Waals surface area contributed by atoms with Gasteiger partial charge in [-0.05, 0) is 50.2 Å². The molecule has 3 rings (SSSR count). The van der Waals surface area contributed by atoms with Crippen LogP contribution in [0, 0.1) is 17.8 Å². The number of esters is 1. The van der Waals surface area contributed by atoms with E-state index in [1.807, 2.05) is 0 Å². The van der Waals surface area contributed by atoms with Gasteiger partial charge < -0.3 is 10.1 Å². The highest BCUT2D eigenvalue weighted by Crippen LogP contribution is 2.48. The Balaban J connectivity index is 1.52. The smallest absolute Gasteiger partial charge is 0.309 e. The van der Waals surface area contributed by atoms with E-state index in [1.165, 1.54) is 12.6 Å². The van der Waals surface area contributed by atoms with Gasteiger partial charge in [-0.3, -0.25) is 9.59 Å². The van der Waals surface area contributed by atoms with Crippen LogP contribution in [-0.4, -0.2) is 23.0 Å². The molecule has 4 atom stereocenters. The number of nitrogens with one attached hydrogen (secondary N) is 1. The highest BCUT2D eigenvalue weighted by molar-refractivity contribution is 6.30. The second-order valence-corrected chi connectivity index (χ2v) is 6.65. The normalized spacial score (nSPS) is 27.5. The number of aromatic nitrogens is 1. The fraction of sp³-hybridized carbons (Fsp3) is 0.562. The molecule has 5 nitrogen and oxygen atoms in total. The van der Waals surface area contributed by atoms with E-state index in [0.717, 1.165) is 19.3 Å². The second-order valence-electron chi connectivity index (χ2n) is 6.21. The molecule has 1 heterocycles. The first-order valence-electron chi connectivity index (χ1n) is 7.66. The van der Waals surface area contributed by atoms with Gasteiger partial charge in [0, 0.05) is 6.20 Å². The molecule has 0 unspecified atom stereocenters. The van der Waals surface area contributed by atoms with Gasteiger partial charge in [-0.25, -0.2) is 4.98 Å². The van der Waals surface area contributed by atoms with Crippen LogP contribution in [-0.2, 0) is 14.3 Å². The van der Waals surface area contributed by atoms with Crippen molar-refractivity contribution < 1.29 is 14.3 Å². The number of hydrogen-bond donors (Lipinski definition) is 1. The Labute approximate surface area is 134 Å². The maximum atomic E-state index is 12.2. The summed E-state index contributed by atoms with van der Waals surface area (Å²) in [6, 6.07) is 3.24. The van der Waals surface area contributed by atoms with E-state index >= 15 is 0 Å². The molecule has 2 fully saturated rings. The summed E-state index contributed by atoms with van der Waals surface area (Å²) in [6.45, 7) is 1.58. The predicted molar refractivity (Wildman–Crippen MR) is 82.4 cm³/mol. The first-order valence-corrected chi connectivity index (χ1v) is 8.03. The van der Waals surface area contributed by atoms with E-state index in [9.17, 15) is 9.59 Å². The first-order chi connectivity index (χ1) is 10.5. The molecule has 0 saturated heterocycles. The van der Waals surface area contributed by atoms with Crippen LogP contribution in [0.5, 0.6) is 0 Å². The van der Waals surface area contributed by atoms with Crippen molar-refractivity contribution in [3.8, 4) is 0 Å². The lowest BCUT2D eigenvalue weighted by atomic mass is 9.89. The number of ether oxygens (including phenoxy) is 1. The molecule has 0 aromatic carbocycles. The van der Waals surface area contributed by atoms with Gasteiger partial charge in [-0.2, -0.15) is 0 Å². The van der Waals surface area contributed by atoms with E-state index < -0.39 is 6.10 Å². The van der Waals surface area contributed by atoms with E-state index in [0.29, 0.717) is 22.7 Å². The lowest BCUT2D eigenvalue weighted by Crippen LogP contribution is -2.33. The zero-order valence-corrected chi connectivity index (χ0v) is 13.2. The van der Waals surface area contributed by atoms with Crippen LogP contribution in [0.3, 0.4) is 0 Å². The molecule has 0 spiro atoms. The van der Waals surface area contributed by atoms with Crippen molar-refractivity contribution in [2.24, 2.45) is 17.8 Å². The van der Waals surface area contributed by atoms with Crippen molar-refractivity contribution >= 4 is 29.3 Å². The number of pyridine rings is 1. The number of nitrogens with zero attached hydrogens (tertiary/aromatic N) is 1. The highest BCUT2D eigenvalue weighted by atomic mass is 35.5. The van der Waals surface area contributed by atoms with Crippen molar-refractivity contribution in [3.05, 3.63) is 23.4 Å². The van der Waals surface area contributed by atoms with Gasteiger partial charge in [-0.15, -0.1) is 0 Å². The Morgan fingerprint density at radius 1 is 1.36 bits per heavy atom. The van der Waals surface area contributed by atoms with Crippen LogP contribution >= 0.6 is 11.6 Å². The number of carbonyl (C=O) groups excluding carboxylic acids is 2. The molecule has 1 amide bonds. The van der Waals surface area contributed by atoms with Crippen LogP contribution in [0.1, 0.15) is 32.6 Å². The largest absolute Gasteiger partial charge is 0.452 e. The van der Waals surface area contributed by atoms with Crippen LogP contribution < -0.4 is 5.32 Å². The summed E-state index contributed by atoms with van der Waals surface area (Å²) in [6.07, 6.45) is 5.00. The lowest BCUT2D eigenvalue weighted by molar-refractivity contribution is -0.158. The first kappa shape index (κ1) is 15.3. The summed E-state index contributed by atoms with van der Waals surface area (Å²) in [5.74, 6) is 0.862. The fourth-order valence-corrected chi connectivity index (χ4v) is 3.64. The molecular weight excluding hydrogens is 304 g/mol. The molecule has 0 aliphatic heterocycles. The summed E-state index contributed by atoms with van der Waals surface area (Å²) in [4.78, 5) is 28.2. The number of amides is 1. The molecule has 1 aromatic rings. The van der Waals surface area contributed by atoms with E-state index in [2.05, 4.69) is 10.3 Å². The average Bonchev–Trinajstić information content (AvgIpc) is 3.12. The number of fused-ring (bicyclic) bond motifs is 2. The quantitative estimate of drug-likeness (QED) is 0.865. The molecule has 2 saturated carbocycles. The van der Waals surface area contributed by atoms with E-state index in [1.54, 1.807) is 19.1 Å². The Bertz CT molecular complexity index is 575. The Morgan fingerprint density at radius 2 is 2.18 bits per heavy atom. The molecule has 2 bridgehead atoms. The SMILES string of the molecule is C[C@@H](OC(=O)[C@@H]1C[C@H]2CC[C@H]1C2)C(=O)Nc1ccc(Cl)cn1. The Kier molecular flexibility index (Phi) is 4.34. The standard InChI is InChI=1S/C16H19ClN2O3/c1-9(15(20)19-14-5-4-12(17)8-18-14)22-16(21)13-7-10-2-3-11(13)6-10/h4-5,8-11,13H,2-3,6-7H2,1H3,(H,18,19,20)/t9-,10+,11+,13-/m1/s1. The maximum Gasteiger partial charge on any atom is 0.309 e.